The number of piperidine rings is 1. The molecule has 3 heterocycles. The summed E-state index contributed by atoms with van der Waals surface area (Å²) in [5.41, 5.74) is -1.20. The Morgan fingerprint density at radius 3 is 2.08 bits per heavy atom. The number of nitrogens with zero attached hydrogens (tertiary/aromatic N) is 4. The number of benzene rings is 1. The minimum Gasteiger partial charge on any atom is -0.356 e. The minimum absolute atomic E-state index is 0.00335. The van der Waals surface area contributed by atoms with E-state index in [1.165, 1.54) is 28.8 Å². The van der Waals surface area contributed by atoms with Gasteiger partial charge < -0.3 is 20.9 Å². The van der Waals surface area contributed by atoms with E-state index in [0.29, 0.717) is 5.56 Å². The van der Waals surface area contributed by atoms with Gasteiger partial charge in [0.15, 0.2) is 5.65 Å². The van der Waals surface area contributed by atoms with Crippen LogP contribution in [0.3, 0.4) is 0 Å². The van der Waals surface area contributed by atoms with E-state index in [1.807, 2.05) is 0 Å². The number of fused-ring (bicyclic) bond motifs is 1. The summed E-state index contributed by atoms with van der Waals surface area (Å²) in [6.07, 6.45) is -14.5. The zero-order valence-electron chi connectivity index (χ0n) is 27.7. The van der Waals surface area contributed by atoms with Crippen LogP contribution in [-0.2, 0) is 18.4 Å². The highest BCUT2D eigenvalue weighted by molar-refractivity contribution is 6.33. The van der Waals surface area contributed by atoms with Crippen molar-refractivity contribution in [2.75, 3.05) is 23.3 Å². The number of anilines is 3. The Labute approximate surface area is 296 Å². The fourth-order valence-electron chi connectivity index (χ4n) is 6.88. The largest absolute Gasteiger partial charge is 0.403 e. The molecule has 0 bridgehead atoms. The lowest BCUT2D eigenvalue weighted by molar-refractivity contribution is -0.192. The number of aryl methyl sites for hydroxylation is 1. The van der Waals surface area contributed by atoms with Crippen molar-refractivity contribution in [2.24, 2.45) is 24.3 Å². The normalized spacial score (nSPS) is 21.2. The fourth-order valence-corrected chi connectivity index (χ4v) is 7.05. The van der Waals surface area contributed by atoms with Crippen molar-refractivity contribution in [3.63, 3.8) is 0 Å². The van der Waals surface area contributed by atoms with E-state index in [0.717, 1.165) is 0 Å². The second kappa shape index (κ2) is 13.8. The van der Waals surface area contributed by atoms with E-state index in [2.05, 4.69) is 25.9 Å². The smallest absolute Gasteiger partial charge is 0.356 e. The first-order valence-electron chi connectivity index (χ1n) is 16.7. The molecule has 0 atom stereocenters. The molecule has 0 radical (unpaired) electrons. The Morgan fingerprint density at radius 1 is 0.885 bits per heavy atom. The van der Waals surface area contributed by atoms with Crippen molar-refractivity contribution in [1.82, 2.24) is 25.2 Å². The molecule has 1 aromatic carbocycles. The molecule has 2 aliphatic carbocycles. The molecule has 2 amide bonds. The molecule has 0 unspecified atom stereocenters. The van der Waals surface area contributed by atoms with Crippen LogP contribution in [0.15, 0.2) is 24.3 Å². The summed E-state index contributed by atoms with van der Waals surface area (Å²) in [6, 6.07) is 5.42. The molecule has 1 aliphatic heterocycles. The molecule has 3 fully saturated rings. The number of imidazole rings is 1. The van der Waals surface area contributed by atoms with Gasteiger partial charge in [0.05, 0.1) is 28.1 Å². The summed E-state index contributed by atoms with van der Waals surface area (Å²) in [6.45, 7) is -0.311. The van der Waals surface area contributed by atoms with E-state index in [9.17, 15) is 49.1 Å². The maximum absolute atomic E-state index is 13.7. The molecule has 3 aliphatic rings. The number of carbonyl (C=O) groups excluding carboxylic acids is 2. The van der Waals surface area contributed by atoms with Crippen LogP contribution >= 0.6 is 11.6 Å². The molecular weight excluding hydrogens is 733 g/mol. The monoisotopic (exact) mass is 767 g/mol. The maximum Gasteiger partial charge on any atom is 0.403 e. The Hall–Kier alpha value is -3.96. The lowest BCUT2D eigenvalue weighted by Crippen LogP contribution is -2.42. The van der Waals surface area contributed by atoms with Gasteiger partial charge in [0.2, 0.25) is 11.9 Å². The molecule has 3 N–H and O–H groups in total. The van der Waals surface area contributed by atoms with Gasteiger partial charge in [-0.05, 0) is 75.1 Å². The molecular formula is C33H35ClF9N7O2. The fraction of sp³-hybridized carbons (Fsp3) is 0.576. The Bertz CT molecular complexity index is 1820. The van der Waals surface area contributed by atoms with Gasteiger partial charge in [-0.25, -0.2) is 9.97 Å². The number of halogens is 10. The van der Waals surface area contributed by atoms with Gasteiger partial charge in [-0.2, -0.15) is 39.5 Å². The lowest BCUT2D eigenvalue weighted by Gasteiger charge is -2.35. The zero-order chi connectivity index (χ0) is 37.8. The summed E-state index contributed by atoms with van der Waals surface area (Å²) >= 11 is 6.41. The quantitative estimate of drug-likeness (QED) is 0.201. The second-order valence-corrected chi connectivity index (χ2v) is 14.2. The number of carbonyl (C=O) groups is 2. The highest BCUT2D eigenvalue weighted by atomic mass is 35.5. The first kappa shape index (κ1) is 37.8. The third-order valence-electron chi connectivity index (χ3n) is 10.3. The number of pyridine rings is 1. The van der Waals surface area contributed by atoms with Crippen LogP contribution < -0.4 is 20.9 Å². The number of rotatable bonds is 8. The standard InChI is InChI=1S/C33H35ClF9N7O2/c1-49-26-24(47-29(49)46-23-14-17(2-7-22(23)34)16-44-28(52)30(10-11-30)33(41,42)43)15-21(25(48-26)50-12-8-19(9-13-50)32(38,39)40)27(51)45-20-5-3-18(4-6-20)31(35,36)37/h2,7,14-15,18-20H,3-6,8-13,16H2,1H3,(H,44,52)(H,45,51)(H,46,47). The predicted octanol–water partition coefficient (Wildman–Crippen LogP) is 7.95. The van der Waals surface area contributed by atoms with Crippen molar-refractivity contribution in [3.8, 4) is 0 Å². The third kappa shape index (κ3) is 7.71. The zero-order valence-corrected chi connectivity index (χ0v) is 28.5. The van der Waals surface area contributed by atoms with Gasteiger partial charge in [0, 0.05) is 32.7 Å². The molecule has 2 saturated carbocycles. The molecule has 19 heteroatoms. The van der Waals surface area contributed by atoms with Crippen LogP contribution in [0, 0.1) is 17.3 Å². The van der Waals surface area contributed by atoms with E-state index < -0.39 is 53.6 Å². The molecule has 284 valence electrons. The van der Waals surface area contributed by atoms with Crippen LogP contribution in [-0.4, -0.2) is 64.0 Å². The molecule has 3 aromatic rings. The molecule has 6 rings (SSSR count). The highest BCUT2D eigenvalue weighted by Crippen LogP contribution is 2.57. The molecule has 2 aromatic heterocycles. The lowest BCUT2D eigenvalue weighted by atomic mass is 9.85. The first-order valence-corrected chi connectivity index (χ1v) is 17.1. The number of amides is 2. The minimum atomic E-state index is -4.66. The van der Waals surface area contributed by atoms with Crippen LogP contribution in [0.5, 0.6) is 0 Å². The molecule has 1 saturated heterocycles. The van der Waals surface area contributed by atoms with Crippen LogP contribution in [0.25, 0.3) is 11.2 Å². The molecule has 52 heavy (non-hydrogen) atoms. The van der Waals surface area contributed by atoms with E-state index in [4.69, 9.17) is 11.6 Å². The van der Waals surface area contributed by atoms with Crippen molar-refractivity contribution in [1.29, 1.82) is 0 Å². The number of nitrogens with one attached hydrogen (secondary N) is 3. The van der Waals surface area contributed by atoms with E-state index in [1.54, 1.807) is 11.9 Å². The van der Waals surface area contributed by atoms with Crippen molar-refractivity contribution in [2.45, 2.75) is 82.5 Å². The number of alkyl halides is 9. The van der Waals surface area contributed by atoms with Crippen LogP contribution in [0.4, 0.5) is 57.0 Å². The number of hydrogen-bond donors (Lipinski definition) is 3. The first-order chi connectivity index (χ1) is 24.3. The summed E-state index contributed by atoms with van der Waals surface area (Å²) in [4.78, 5) is 36.8. The van der Waals surface area contributed by atoms with Gasteiger partial charge in [-0.1, -0.05) is 17.7 Å². The summed E-state index contributed by atoms with van der Waals surface area (Å²) in [5, 5.41) is 8.37. The van der Waals surface area contributed by atoms with Crippen molar-refractivity contribution in [3.05, 3.63) is 40.4 Å². The van der Waals surface area contributed by atoms with Gasteiger partial charge in [0.25, 0.3) is 5.91 Å². The van der Waals surface area contributed by atoms with Crippen molar-refractivity contribution < 1.29 is 49.1 Å². The molecule has 9 nitrogen and oxygen atoms in total. The van der Waals surface area contributed by atoms with Crippen LogP contribution in [0.2, 0.25) is 5.02 Å². The van der Waals surface area contributed by atoms with Crippen molar-refractivity contribution >= 4 is 52.0 Å². The maximum atomic E-state index is 13.7. The molecule has 0 spiro atoms. The number of aromatic nitrogens is 3. The Balaban J connectivity index is 1.25. The average Bonchev–Trinajstić information content (AvgIpc) is 3.85. The topological polar surface area (TPSA) is 104 Å². The Kier molecular flexibility index (Phi) is 10.0. The highest BCUT2D eigenvalue weighted by Gasteiger charge is 2.68. The average molecular weight is 768 g/mol. The predicted molar refractivity (Wildman–Crippen MR) is 173 cm³/mol. The van der Waals surface area contributed by atoms with Gasteiger partial charge in [-0.3, -0.25) is 14.2 Å². The SMILES string of the molecule is Cn1c(Nc2cc(CNC(=O)C3(C(F)(F)F)CC3)ccc2Cl)nc2cc(C(=O)NC3CCC(C(F)(F)F)CC3)c(N3CCC(C(F)(F)F)CC3)nc21. The third-order valence-corrected chi connectivity index (χ3v) is 10.6. The van der Waals surface area contributed by atoms with Crippen LogP contribution in [0.1, 0.15) is 67.3 Å². The summed E-state index contributed by atoms with van der Waals surface area (Å²) < 4.78 is 122. The van der Waals surface area contributed by atoms with Gasteiger partial charge in [0.1, 0.15) is 16.7 Å². The number of hydrogen-bond acceptors (Lipinski definition) is 6. The second-order valence-electron chi connectivity index (χ2n) is 13.8. The van der Waals surface area contributed by atoms with Gasteiger partial charge >= 0.3 is 18.5 Å². The summed E-state index contributed by atoms with van der Waals surface area (Å²) in [7, 11) is 1.59. The van der Waals surface area contributed by atoms with Gasteiger partial charge in [-0.15, -0.1) is 0 Å². The van der Waals surface area contributed by atoms with E-state index in [-0.39, 0.29) is 110 Å². The Morgan fingerprint density at radius 2 is 1.50 bits per heavy atom. The summed E-state index contributed by atoms with van der Waals surface area (Å²) in [5.74, 6) is -4.46. The van der Waals surface area contributed by atoms with E-state index >= 15 is 0 Å².